The first-order valence-electron chi connectivity index (χ1n) is 6.65. The zero-order valence-corrected chi connectivity index (χ0v) is 11.8. The summed E-state index contributed by atoms with van der Waals surface area (Å²) in [5.74, 6) is -0.850. The van der Waals surface area contributed by atoms with Crippen LogP contribution in [0.2, 0.25) is 0 Å². The van der Waals surface area contributed by atoms with Gasteiger partial charge in [0.15, 0.2) is 0 Å². The van der Waals surface area contributed by atoms with Crippen LogP contribution in [0.25, 0.3) is 0 Å². The van der Waals surface area contributed by atoms with E-state index in [0.717, 1.165) is 12.1 Å². The molecule has 1 heterocycles. The van der Waals surface area contributed by atoms with Crippen LogP contribution in [0.3, 0.4) is 0 Å². The van der Waals surface area contributed by atoms with Crippen LogP contribution in [-0.4, -0.2) is 23.4 Å². The lowest BCUT2D eigenvalue weighted by Crippen LogP contribution is -2.30. The van der Waals surface area contributed by atoms with E-state index in [-0.39, 0.29) is 17.7 Å². The number of hydrogen-bond donors (Lipinski definition) is 1. The number of aromatic nitrogens is 1. The van der Waals surface area contributed by atoms with Crippen molar-refractivity contribution in [2.45, 2.75) is 12.9 Å². The molecule has 0 aliphatic carbocycles. The molecule has 2 rings (SSSR count). The number of carbonyl (C=O) groups excluding carboxylic acids is 1. The SMILES string of the molecule is O=C(NCCn1ccccc1=O)c1ccc(OC(F)(F)F)cc1. The number of rotatable bonds is 5. The zero-order valence-electron chi connectivity index (χ0n) is 11.8. The van der Waals surface area contributed by atoms with E-state index in [9.17, 15) is 22.8 Å². The molecular formula is C15H13F3N2O3. The van der Waals surface area contributed by atoms with Crippen LogP contribution in [0.4, 0.5) is 13.2 Å². The van der Waals surface area contributed by atoms with Crippen molar-refractivity contribution >= 4 is 5.91 Å². The van der Waals surface area contributed by atoms with Crippen LogP contribution in [0.15, 0.2) is 53.5 Å². The average Bonchev–Trinajstić information content (AvgIpc) is 2.48. The number of benzene rings is 1. The Bertz CT molecular complexity index is 724. The standard InChI is InChI=1S/C15H13F3N2O3/c16-15(17,18)23-12-6-4-11(5-7-12)14(22)19-8-10-20-9-2-1-3-13(20)21/h1-7,9H,8,10H2,(H,19,22). The number of nitrogens with zero attached hydrogens (tertiary/aromatic N) is 1. The molecule has 0 radical (unpaired) electrons. The molecule has 0 saturated carbocycles. The topological polar surface area (TPSA) is 60.3 Å². The number of amides is 1. The van der Waals surface area contributed by atoms with Crippen molar-refractivity contribution in [3.63, 3.8) is 0 Å². The number of carbonyl (C=O) groups is 1. The molecule has 0 aliphatic rings. The van der Waals surface area contributed by atoms with Gasteiger partial charge in [-0.3, -0.25) is 9.59 Å². The van der Waals surface area contributed by atoms with Crippen molar-refractivity contribution in [1.82, 2.24) is 9.88 Å². The molecule has 0 bridgehead atoms. The van der Waals surface area contributed by atoms with Crippen LogP contribution in [-0.2, 0) is 6.54 Å². The second kappa shape index (κ2) is 6.99. The minimum absolute atomic E-state index is 0.185. The molecule has 8 heteroatoms. The molecule has 23 heavy (non-hydrogen) atoms. The summed E-state index contributed by atoms with van der Waals surface area (Å²) in [6.07, 6.45) is -3.18. The molecule has 2 aromatic rings. The summed E-state index contributed by atoms with van der Waals surface area (Å²) in [5.41, 5.74) is 0.00957. The Labute approximate surface area is 129 Å². The predicted octanol–water partition coefficient (Wildman–Crippen LogP) is 2.18. The number of hydrogen-bond acceptors (Lipinski definition) is 3. The molecule has 0 fully saturated rings. The third-order valence-corrected chi connectivity index (χ3v) is 2.89. The van der Waals surface area contributed by atoms with Gasteiger partial charge in [-0.25, -0.2) is 0 Å². The van der Waals surface area contributed by atoms with Gasteiger partial charge in [0.2, 0.25) is 0 Å². The highest BCUT2D eigenvalue weighted by Crippen LogP contribution is 2.22. The molecule has 1 N–H and O–H groups in total. The first-order chi connectivity index (χ1) is 10.8. The summed E-state index contributed by atoms with van der Waals surface area (Å²) in [7, 11) is 0. The summed E-state index contributed by atoms with van der Waals surface area (Å²) in [5, 5.41) is 2.58. The molecule has 1 aromatic heterocycles. The number of halogens is 3. The average molecular weight is 326 g/mol. The molecule has 1 aromatic carbocycles. The van der Waals surface area contributed by atoms with Crippen LogP contribution in [0.5, 0.6) is 5.75 Å². The van der Waals surface area contributed by atoms with Crippen molar-refractivity contribution in [3.8, 4) is 5.75 Å². The lowest BCUT2D eigenvalue weighted by atomic mass is 10.2. The maximum Gasteiger partial charge on any atom is 0.573 e. The van der Waals surface area contributed by atoms with Gasteiger partial charge in [-0.1, -0.05) is 6.07 Å². The van der Waals surface area contributed by atoms with E-state index in [0.29, 0.717) is 6.54 Å². The van der Waals surface area contributed by atoms with Crippen LogP contribution in [0.1, 0.15) is 10.4 Å². The van der Waals surface area contributed by atoms with Gasteiger partial charge in [0.05, 0.1) is 0 Å². The first kappa shape index (κ1) is 16.6. The molecule has 0 atom stereocenters. The molecule has 0 spiro atoms. The smallest absolute Gasteiger partial charge is 0.406 e. The Morgan fingerprint density at radius 3 is 2.43 bits per heavy atom. The van der Waals surface area contributed by atoms with Crippen LogP contribution >= 0.6 is 0 Å². The van der Waals surface area contributed by atoms with Gasteiger partial charge in [-0.05, 0) is 30.3 Å². The van der Waals surface area contributed by atoms with E-state index in [1.807, 2.05) is 0 Å². The van der Waals surface area contributed by atoms with E-state index < -0.39 is 18.0 Å². The highest BCUT2D eigenvalue weighted by Gasteiger charge is 2.31. The Morgan fingerprint density at radius 2 is 1.83 bits per heavy atom. The van der Waals surface area contributed by atoms with Crippen LogP contribution < -0.4 is 15.6 Å². The second-order valence-electron chi connectivity index (χ2n) is 4.56. The predicted molar refractivity (Wildman–Crippen MR) is 76.2 cm³/mol. The fraction of sp³-hybridized carbons (Fsp3) is 0.200. The van der Waals surface area contributed by atoms with Crippen LogP contribution in [0, 0.1) is 0 Å². The maximum absolute atomic E-state index is 12.0. The van der Waals surface area contributed by atoms with Crippen molar-refractivity contribution in [3.05, 3.63) is 64.6 Å². The summed E-state index contributed by atoms with van der Waals surface area (Å²) < 4.78 is 41.2. The normalized spacial score (nSPS) is 11.1. The van der Waals surface area contributed by atoms with Gasteiger partial charge in [0.1, 0.15) is 5.75 Å². The number of nitrogens with one attached hydrogen (secondary N) is 1. The third kappa shape index (κ3) is 5.17. The van der Waals surface area contributed by atoms with E-state index in [4.69, 9.17) is 0 Å². The molecule has 1 amide bonds. The van der Waals surface area contributed by atoms with Crippen molar-refractivity contribution in [2.75, 3.05) is 6.54 Å². The summed E-state index contributed by atoms with van der Waals surface area (Å²) in [6, 6.07) is 9.29. The lowest BCUT2D eigenvalue weighted by Gasteiger charge is -2.10. The highest BCUT2D eigenvalue weighted by atomic mass is 19.4. The van der Waals surface area contributed by atoms with Crippen molar-refractivity contribution < 1.29 is 22.7 Å². The molecular weight excluding hydrogens is 313 g/mol. The Hall–Kier alpha value is -2.77. The Morgan fingerprint density at radius 1 is 1.13 bits per heavy atom. The third-order valence-electron chi connectivity index (χ3n) is 2.89. The zero-order chi connectivity index (χ0) is 16.9. The number of pyridine rings is 1. The summed E-state index contributed by atoms with van der Waals surface area (Å²) >= 11 is 0. The van der Waals surface area contributed by atoms with Gasteiger partial charge in [-0.2, -0.15) is 0 Å². The van der Waals surface area contributed by atoms with Gasteiger partial charge in [0.25, 0.3) is 11.5 Å². The first-order valence-corrected chi connectivity index (χ1v) is 6.65. The number of ether oxygens (including phenoxy) is 1. The van der Waals surface area contributed by atoms with Gasteiger partial charge < -0.3 is 14.6 Å². The highest BCUT2D eigenvalue weighted by molar-refractivity contribution is 5.94. The lowest BCUT2D eigenvalue weighted by molar-refractivity contribution is -0.274. The summed E-state index contributed by atoms with van der Waals surface area (Å²) in [4.78, 5) is 23.3. The van der Waals surface area contributed by atoms with E-state index >= 15 is 0 Å². The van der Waals surface area contributed by atoms with Gasteiger partial charge >= 0.3 is 6.36 Å². The van der Waals surface area contributed by atoms with Crippen molar-refractivity contribution in [1.29, 1.82) is 0 Å². The molecule has 0 unspecified atom stereocenters. The summed E-state index contributed by atoms with van der Waals surface area (Å²) in [6.45, 7) is 0.504. The minimum Gasteiger partial charge on any atom is -0.406 e. The molecule has 122 valence electrons. The fourth-order valence-electron chi connectivity index (χ4n) is 1.85. The Balaban J connectivity index is 1.88. The Kier molecular flexibility index (Phi) is 5.05. The van der Waals surface area contributed by atoms with Crippen molar-refractivity contribution in [2.24, 2.45) is 0 Å². The second-order valence-corrected chi connectivity index (χ2v) is 4.56. The quantitative estimate of drug-likeness (QED) is 0.916. The molecule has 5 nitrogen and oxygen atoms in total. The van der Waals surface area contributed by atoms with Gasteiger partial charge in [-0.15, -0.1) is 13.2 Å². The number of alkyl halides is 3. The fourth-order valence-corrected chi connectivity index (χ4v) is 1.85. The minimum atomic E-state index is -4.77. The monoisotopic (exact) mass is 326 g/mol. The maximum atomic E-state index is 12.0. The largest absolute Gasteiger partial charge is 0.573 e. The molecule has 0 saturated heterocycles. The molecule has 0 aliphatic heterocycles. The van der Waals surface area contributed by atoms with Gasteiger partial charge in [0, 0.05) is 30.9 Å². The van der Waals surface area contributed by atoms with E-state index in [2.05, 4.69) is 10.1 Å². The van der Waals surface area contributed by atoms with E-state index in [1.165, 1.54) is 22.8 Å². The van der Waals surface area contributed by atoms with E-state index in [1.54, 1.807) is 18.3 Å².